The van der Waals surface area contributed by atoms with Gasteiger partial charge in [0.2, 0.25) is 0 Å². The maximum absolute atomic E-state index is 12.8. The highest BCUT2D eigenvalue weighted by molar-refractivity contribution is 7.92. The van der Waals surface area contributed by atoms with Crippen molar-refractivity contribution in [2.75, 3.05) is 11.5 Å². The molecule has 4 rings (SSSR count). The van der Waals surface area contributed by atoms with E-state index in [1.165, 1.54) is 6.26 Å². The number of para-hydroxylation sites is 1. The van der Waals surface area contributed by atoms with E-state index in [-0.39, 0.29) is 11.3 Å². The molecule has 174 valence electrons. The average molecular weight is 478 g/mol. The number of aromatic nitrogens is 1. The Bertz CT molecular complexity index is 1400. The third-order valence-corrected chi connectivity index (χ3v) is 6.78. The van der Waals surface area contributed by atoms with Gasteiger partial charge in [-0.2, -0.15) is 0 Å². The van der Waals surface area contributed by atoms with Gasteiger partial charge in [-0.05, 0) is 42.7 Å². The number of furan rings is 1. The first-order chi connectivity index (χ1) is 16.4. The summed E-state index contributed by atoms with van der Waals surface area (Å²) in [5, 5.41) is 0.582. The number of pyridine rings is 1. The summed E-state index contributed by atoms with van der Waals surface area (Å²) in [6.45, 7) is 0. The minimum atomic E-state index is -3.62. The summed E-state index contributed by atoms with van der Waals surface area (Å²) in [5.41, 5.74) is 6.85. The Morgan fingerprint density at radius 2 is 1.68 bits per heavy atom. The molecule has 0 aliphatic rings. The van der Waals surface area contributed by atoms with E-state index in [4.69, 9.17) is 4.42 Å². The van der Waals surface area contributed by atoms with E-state index < -0.39 is 27.4 Å². The van der Waals surface area contributed by atoms with Crippen molar-refractivity contribution in [3.8, 4) is 11.5 Å². The Labute approximate surface area is 196 Å². The number of benzene rings is 2. The van der Waals surface area contributed by atoms with Crippen LogP contribution < -0.4 is 10.9 Å². The van der Waals surface area contributed by atoms with Gasteiger partial charge in [0.05, 0.1) is 23.1 Å². The molecule has 0 radical (unpaired) electrons. The summed E-state index contributed by atoms with van der Waals surface area (Å²) >= 11 is 0. The molecule has 0 atom stereocenters. The molecule has 34 heavy (non-hydrogen) atoms. The Kier molecular flexibility index (Phi) is 7.03. The number of nitrogens with zero attached hydrogens (tertiary/aromatic N) is 1. The maximum Gasteiger partial charge on any atom is 0.270 e. The van der Waals surface area contributed by atoms with Crippen LogP contribution in [0.5, 0.6) is 0 Å². The Hall–Kier alpha value is -3.98. The fourth-order valence-electron chi connectivity index (χ4n) is 3.56. The van der Waals surface area contributed by atoms with Crippen LogP contribution in [-0.4, -0.2) is 36.7 Å². The molecule has 0 aliphatic carbocycles. The van der Waals surface area contributed by atoms with Crippen molar-refractivity contribution in [1.29, 1.82) is 0 Å². The number of nitrogens with one attached hydrogen (secondary N) is 2. The number of hydrogen-bond donors (Lipinski definition) is 2. The van der Waals surface area contributed by atoms with Gasteiger partial charge in [0.1, 0.15) is 11.4 Å². The van der Waals surface area contributed by atoms with Crippen molar-refractivity contribution in [2.24, 2.45) is 0 Å². The van der Waals surface area contributed by atoms with Gasteiger partial charge < -0.3 is 4.42 Å². The van der Waals surface area contributed by atoms with Crippen molar-refractivity contribution in [3.63, 3.8) is 0 Å². The number of hydrogen-bond acceptors (Lipinski definition) is 6. The largest absolute Gasteiger partial charge is 0.463 e. The predicted molar refractivity (Wildman–Crippen MR) is 128 cm³/mol. The molecule has 4 aromatic rings. The Balaban J connectivity index is 1.38. The molecule has 9 heteroatoms. The number of sulfone groups is 1. The van der Waals surface area contributed by atoms with E-state index in [2.05, 4.69) is 15.8 Å². The molecule has 0 saturated carbocycles. The van der Waals surface area contributed by atoms with E-state index in [9.17, 15) is 18.0 Å². The van der Waals surface area contributed by atoms with Gasteiger partial charge in [-0.1, -0.05) is 48.5 Å². The minimum Gasteiger partial charge on any atom is -0.463 e. The van der Waals surface area contributed by atoms with Crippen LogP contribution in [0.2, 0.25) is 0 Å². The lowest BCUT2D eigenvalue weighted by molar-refractivity contribution is -0.119. The molecule has 0 spiro atoms. The summed E-state index contributed by atoms with van der Waals surface area (Å²) < 4.78 is 30.0. The maximum atomic E-state index is 12.8. The first-order valence-electron chi connectivity index (χ1n) is 10.7. The monoisotopic (exact) mass is 477 g/mol. The van der Waals surface area contributed by atoms with Crippen molar-refractivity contribution in [3.05, 3.63) is 90.2 Å². The summed E-state index contributed by atoms with van der Waals surface area (Å²) in [5.74, 6) is -1.74. The SMILES string of the molecule is O=C(CS(=O)(=O)CCCc1ccccc1)NNC(=O)c1cc(-c2ccco2)nc2ccccc12. The highest BCUT2D eigenvalue weighted by atomic mass is 32.2. The first kappa shape index (κ1) is 23.2. The van der Waals surface area contributed by atoms with E-state index >= 15 is 0 Å². The van der Waals surface area contributed by atoms with Crippen LogP contribution in [0.3, 0.4) is 0 Å². The number of hydrazine groups is 1. The minimum absolute atomic E-state index is 0.120. The summed E-state index contributed by atoms with van der Waals surface area (Å²) in [6.07, 6.45) is 2.52. The molecular weight excluding hydrogens is 454 g/mol. The molecule has 0 fully saturated rings. The highest BCUT2D eigenvalue weighted by Crippen LogP contribution is 2.25. The quantitative estimate of drug-likeness (QED) is 0.376. The Morgan fingerprint density at radius 3 is 2.44 bits per heavy atom. The van der Waals surface area contributed by atoms with Crippen LogP contribution in [0.1, 0.15) is 22.3 Å². The molecule has 0 saturated heterocycles. The standard InChI is InChI=1S/C25H23N3O5S/c29-24(17-34(31,32)15-7-10-18-8-2-1-3-9-18)27-28-25(30)20-16-22(23-13-6-14-33-23)26-21-12-5-4-11-19(20)21/h1-6,8-9,11-14,16H,7,10,15,17H2,(H,27,29)(H,28,30). The molecule has 0 bridgehead atoms. The van der Waals surface area contributed by atoms with E-state index in [1.807, 2.05) is 30.3 Å². The third-order valence-electron chi connectivity index (χ3n) is 5.16. The van der Waals surface area contributed by atoms with Crippen LogP contribution in [0.15, 0.2) is 83.5 Å². The predicted octanol–water partition coefficient (Wildman–Crippen LogP) is 3.30. The number of amides is 2. The lowest BCUT2D eigenvalue weighted by Crippen LogP contribution is -2.44. The first-order valence-corrected chi connectivity index (χ1v) is 12.5. The van der Waals surface area contributed by atoms with E-state index in [0.29, 0.717) is 35.2 Å². The highest BCUT2D eigenvalue weighted by Gasteiger charge is 2.19. The summed E-state index contributed by atoms with van der Waals surface area (Å²) in [4.78, 5) is 29.6. The van der Waals surface area contributed by atoms with Gasteiger partial charge in [0, 0.05) is 5.39 Å². The molecular formula is C25H23N3O5S. The molecule has 2 aromatic heterocycles. The second-order valence-electron chi connectivity index (χ2n) is 7.73. The van der Waals surface area contributed by atoms with Crippen molar-refractivity contribution in [2.45, 2.75) is 12.8 Å². The van der Waals surface area contributed by atoms with Crippen LogP contribution in [0.4, 0.5) is 0 Å². The fraction of sp³-hybridized carbons (Fsp3) is 0.160. The zero-order valence-corrected chi connectivity index (χ0v) is 19.0. The second-order valence-corrected chi connectivity index (χ2v) is 9.92. The fourth-order valence-corrected chi connectivity index (χ4v) is 4.76. The Morgan fingerprint density at radius 1 is 0.912 bits per heavy atom. The molecule has 0 unspecified atom stereocenters. The van der Waals surface area contributed by atoms with Crippen molar-refractivity contribution < 1.29 is 22.4 Å². The lowest BCUT2D eigenvalue weighted by Gasteiger charge is -2.11. The second kappa shape index (κ2) is 10.3. The molecule has 8 nitrogen and oxygen atoms in total. The third kappa shape index (κ3) is 5.87. The van der Waals surface area contributed by atoms with Crippen molar-refractivity contribution in [1.82, 2.24) is 15.8 Å². The number of rotatable bonds is 8. The molecule has 2 N–H and O–H groups in total. The molecule has 2 amide bonds. The normalized spacial score (nSPS) is 11.3. The van der Waals surface area contributed by atoms with Gasteiger partial charge in [0.25, 0.3) is 11.8 Å². The zero-order valence-electron chi connectivity index (χ0n) is 18.2. The van der Waals surface area contributed by atoms with Crippen LogP contribution in [0, 0.1) is 0 Å². The topological polar surface area (TPSA) is 118 Å². The number of carbonyl (C=O) groups is 2. The van der Waals surface area contributed by atoms with Gasteiger partial charge in [-0.3, -0.25) is 20.4 Å². The van der Waals surface area contributed by atoms with Gasteiger partial charge in [-0.25, -0.2) is 13.4 Å². The number of aryl methyl sites for hydroxylation is 1. The van der Waals surface area contributed by atoms with E-state index in [1.54, 1.807) is 42.5 Å². The molecule has 2 heterocycles. The zero-order chi connectivity index (χ0) is 24.0. The van der Waals surface area contributed by atoms with Crippen molar-refractivity contribution >= 4 is 32.6 Å². The number of carbonyl (C=O) groups excluding carboxylic acids is 2. The van der Waals surface area contributed by atoms with Crippen LogP contribution >= 0.6 is 0 Å². The van der Waals surface area contributed by atoms with Gasteiger partial charge >= 0.3 is 0 Å². The van der Waals surface area contributed by atoms with E-state index in [0.717, 1.165) is 5.56 Å². The smallest absolute Gasteiger partial charge is 0.270 e. The van der Waals surface area contributed by atoms with Gasteiger partial charge in [0.15, 0.2) is 15.6 Å². The van der Waals surface area contributed by atoms with Crippen LogP contribution in [0.25, 0.3) is 22.4 Å². The van der Waals surface area contributed by atoms with Gasteiger partial charge in [-0.15, -0.1) is 0 Å². The average Bonchev–Trinajstić information content (AvgIpc) is 3.37. The molecule has 2 aromatic carbocycles. The summed E-state index contributed by atoms with van der Waals surface area (Å²) in [6, 6.07) is 21.6. The molecule has 0 aliphatic heterocycles. The number of fused-ring (bicyclic) bond motifs is 1. The summed E-state index contributed by atoms with van der Waals surface area (Å²) in [7, 11) is -3.62. The lowest BCUT2D eigenvalue weighted by atomic mass is 10.1. The van der Waals surface area contributed by atoms with Crippen LogP contribution in [-0.2, 0) is 21.1 Å².